The summed E-state index contributed by atoms with van der Waals surface area (Å²) < 4.78 is 11.5. The van der Waals surface area contributed by atoms with Crippen molar-refractivity contribution in [3.8, 4) is 28.3 Å². The van der Waals surface area contributed by atoms with Crippen molar-refractivity contribution in [2.75, 3.05) is 0 Å². The fourth-order valence-electron chi connectivity index (χ4n) is 3.36. The largest absolute Gasteiger partial charge is 0.488 e. The van der Waals surface area contributed by atoms with Crippen molar-refractivity contribution in [1.29, 1.82) is 0 Å². The zero-order valence-corrected chi connectivity index (χ0v) is 15.1. The Morgan fingerprint density at radius 2 is 1.75 bits per heavy atom. The van der Waals surface area contributed by atoms with E-state index in [-0.39, 0.29) is 0 Å². The highest BCUT2D eigenvalue weighted by atomic mass is 16.5. The first-order chi connectivity index (χ1) is 13.9. The van der Waals surface area contributed by atoms with E-state index in [1.165, 1.54) is 0 Å². The number of fused-ring (bicyclic) bond motifs is 1. The molecule has 0 fully saturated rings. The molecule has 4 heteroatoms. The van der Waals surface area contributed by atoms with Crippen molar-refractivity contribution in [2.24, 2.45) is 0 Å². The summed E-state index contributed by atoms with van der Waals surface area (Å²) >= 11 is 0. The summed E-state index contributed by atoms with van der Waals surface area (Å²) in [7, 11) is 0. The predicted octanol–water partition coefficient (Wildman–Crippen LogP) is 6.07. The van der Waals surface area contributed by atoms with E-state index in [2.05, 4.69) is 46.6 Å². The molecule has 0 aliphatic heterocycles. The number of rotatable bonds is 5. The summed E-state index contributed by atoms with van der Waals surface area (Å²) in [5.41, 5.74) is 4.80. The molecule has 28 heavy (non-hydrogen) atoms. The number of benzene rings is 3. The number of nitrogens with zero attached hydrogens (tertiary/aromatic N) is 1. The fraction of sp³-hybridized carbons (Fsp3) is 0.0417. The Morgan fingerprint density at radius 3 is 2.61 bits per heavy atom. The molecule has 2 heterocycles. The van der Waals surface area contributed by atoms with Gasteiger partial charge in [-0.15, -0.1) is 0 Å². The van der Waals surface area contributed by atoms with Gasteiger partial charge in [0.25, 0.3) is 0 Å². The molecule has 1 N–H and O–H groups in total. The Labute approximate surface area is 162 Å². The molecule has 3 aromatic carbocycles. The minimum absolute atomic E-state index is 0.501. The zero-order chi connectivity index (χ0) is 18.8. The lowest BCUT2D eigenvalue weighted by Gasteiger charge is -2.13. The average Bonchev–Trinajstić information content (AvgIpc) is 3.44. The van der Waals surface area contributed by atoms with Gasteiger partial charge in [-0.25, -0.2) is 0 Å². The van der Waals surface area contributed by atoms with E-state index >= 15 is 0 Å². The molecule has 0 bridgehead atoms. The molecule has 0 radical (unpaired) electrons. The van der Waals surface area contributed by atoms with E-state index in [0.717, 1.165) is 44.6 Å². The number of hydrogen-bond donors (Lipinski definition) is 1. The molecule has 0 aliphatic rings. The van der Waals surface area contributed by atoms with Gasteiger partial charge in [0.2, 0.25) is 0 Å². The number of aromatic nitrogens is 2. The van der Waals surface area contributed by atoms with Gasteiger partial charge in [0.1, 0.15) is 12.4 Å². The second kappa shape index (κ2) is 7.08. The Hall–Kier alpha value is -3.79. The summed E-state index contributed by atoms with van der Waals surface area (Å²) in [6, 6.07) is 26.5. The molecule has 0 amide bonds. The lowest BCUT2D eigenvalue weighted by atomic mass is 10.0. The number of H-pyrrole nitrogens is 1. The zero-order valence-electron chi connectivity index (χ0n) is 15.1. The van der Waals surface area contributed by atoms with Crippen LogP contribution in [0.2, 0.25) is 0 Å². The quantitative estimate of drug-likeness (QED) is 0.411. The molecule has 136 valence electrons. The number of furan rings is 1. The van der Waals surface area contributed by atoms with Crippen LogP contribution in [0.4, 0.5) is 0 Å². The molecule has 5 rings (SSSR count). The molecule has 0 saturated carbocycles. The highest BCUT2D eigenvalue weighted by Gasteiger charge is 2.15. The van der Waals surface area contributed by atoms with Gasteiger partial charge in [-0.2, -0.15) is 5.10 Å². The van der Waals surface area contributed by atoms with Gasteiger partial charge in [0, 0.05) is 16.5 Å². The molecule has 0 saturated heterocycles. The number of ether oxygens (including phenoxy) is 1. The van der Waals surface area contributed by atoms with Crippen LogP contribution in [0.25, 0.3) is 33.3 Å². The van der Waals surface area contributed by atoms with Crippen LogP contribution in [0.3, 0.4) is 0 Å². The molecule has 4 nitrogen and oxygen atoms in total. The van der Waals surface area contributed by atoms with E-state index < -0.39 is 0 Å². The summed E-state index contributed by atoms with van der Waals surface area (Å²) in [6.45, 7) is 0.501. The lowest BCUT2D eigenvalue weighted by molar-refractivity contribution is 0.311. The van der Waals surface area contributed by atoms with Gasteiger partial charge in [0.15, 0.2) is 0 Å². The summed E-state index contributed by atoms with van der Waals surface area (Å²) in [4.78, 5) is 0. The highest BCUT2D eigenvalue weighted by molar-refractivity contribution is 5.94. The SMILES string of the molecule is c1ccc(COc2c(-c3cc(-c4ccoc4)[nH]n3)ccc3ccccc23)cc1. The summed E-state index contributed by atoms with van der Waals surface area (Å²) in [6.07, 6.45) is 3.35. The average molecular weight is 366 g/mol. The van der Waals surface area contributed by atoms with Crippen LogP contribution in [0.1, 0.15) is 5.56 Å². The van der Waals surface area contributed by atoms with Gasteiger partial charge < -0.3 is 9.15 Å². The Morgan fingerprint density at radius 1 is 0.893 bits per heavy atom. The lowest BCUT2D eigenvalue weighted by Crippen LogP contribution is -1.98. The molecule has 2 aromatic heterocycles. The van der Waals surface area contributed by atoms with Crippen LogP contribution in [0.5, 0.6) is 5.75 Å². The Kier molecular flexibility index (Phi) is 4.14. The normalized spacial score (nSPS) is 11.0. The molecule has 0 aliphatic carbocycles. The first-order valence-corrected chi connectivity index (χ1v) is 9.15. The van der Waals surface area contributed by atoms with Gasteiger partial charge in [-0.1, -0.05) is 60.7 Å². The first kappa shape index (κ1) is 16.4. The Bertz CT molecular complexity index is 1210. The van der Waals surface area contributed by atoms with Crippen molar-refractivity contribution in [1.82, 2.24) is 10.2 Å². The van der Waals surface area contributed by atoms with E-state index in [1.54, 1.807) is 12.5 Å². The number of aromatic amines is 1. The second-order valence-electron chi connectivity index (χ2n) is 6.62. The standard InChI is InChI=1S/C24H18N2O2/c1-2-6-17(7-3-1)15-28-24-20-9-5-4-8-18(20)10-11-21(24)23-14-22(25-26-23)19-12-13-27-16-19/h1-14,16H,15H2,(H,25,26). The maximum atomic E-state index is 6.32. The minimum Gasteiger partial charge on any atom is -0.488 e. The van der Waals surface area contributed by atoms with Gasteiger partial charge in [-0.3, -0.25) is 5.10 Å². The maximum Gasteiger partial charge on any atom is 0.137 e. The molecule has 0 spiro atoms. The van der Waals surface area contributed by atoms with Crippen LogP contribution in [0.15, 0.2) is 95.8 Å². The van der Waals surface area contributed by atoms with Crippen molar-refractivity contribution < 1.29 is 9.15 Å². The first-order valence-electron chi connectivity index (χ1n) is 9.15. The Balaban J connectivity index is 1.58. The van der Waals surface area contributed by atoms with E-state index in [0.29, 0.717) is 6.61 Å². The van der Waals surface area contributed by atoms with Crippen molar-refractivity contribution >= 4 is 10.8 Å². The van der Waals surface area contributed by atoms with Gasteiger partial charge in [-0.05, 0) is 29.1 Å². The van der Waals surface area contributed by atoms with Crippen LogP contribution in [-0.4, -0.2) is 10.2 Å². The second-order valence-corrected chi connectivity index (χ2v) is 6.62. The molecule has 0 atom stereocenters. The van der Waals surface area contributed by atoms with Gasteiger partial charge >= 0.3 is 0 Å². The third-order valence-electron chi connectivity index (χ3n) is 4.79. The summed E-state index contributed by atoms with van der Waals surface area (Å²) in [5.74, 6) is 0.840. The maximum absolute atomic E-state index is 6.32. The van der Waals surface area contributed by atoms with E-state index in [1.807, 2.05) is 42.5 Å². The van der Waals surface area contributed by atoms with Crippen LogP contribution < -0.4 is 4.74 Å². The highest BCUT2D eigenvalue weighted by Crippen LogP contribution is 2.37. The van der Waals surface area contributed by atoms with Crippen molar-refractivity contribution in [3.05, 3.63) is 97.0 Å². The molecular weight excluding hydrogens is 348 g/mol. The van der Waals surface area contributed by atoms with Crippen LogP contribution in [-0.2, 0) is 6.61 Å². The number of hydrogen-bond acceptors (Lipinski definition) is 3. The van der Waals surface area contributed by atoms with Crippen molar-refractivity contribution in [2.45, 2.75) is 6.61 Å². The van der Waals surface area contributed by atoms with Crippen LogP contribution >= 0.6 is 0 Å². The van der Waals surface area contributed by atoms with E-state index in [4.69, 9.17) is 9.15 Å². The van der Waals surface area contributed by atoms with Gasteiger partial charge in [0.05, 0.1) is 23.9 Å². The minimum atomic E-state index is 0.501. The van der Waals surface area contributed by atoms with Crippen LogP contribution in [0, 0.1) is 0 Å². The predicted molar refractivity (Wildman–Crippen MR) is 110 cm³/mol. The smallest absolute Gasteiger partial charge is 0.137 e. The topological polar surface area (TPSA) is 51.0 Å². The molecule has 5 aromatic rings. The third kappa shape index (κ3) is 3.05. The third-order valence-corrected chi connectivity index (χ3v) is 4.79. The van der Waals surface area contributed by atoms with Crippen molar-refractivity contribution in [3.63, 3.8) is 0 Å². The molecule has 0 unspecified atom stereocenters. The number of nitrogens with one attached hydrogen (secondary N) is 1. The fourth-order valence-corrected chi connectivity index (χ4v) is 3.36. The molecular formula is C24H18N2O2. The summed E-state index contributed by atoms with van der Waals surface area (Å²) in [5, 5.41) is 9.82. The monoisotopic (exact) mass is 366 g/mol. The van der Waals surface area contributed by atoms with E-state index in [9.17, 15) is 0 Å².